The molecule has 0 radical (unpaired) electrons. The van der Waals surface area contributed by atoms with Gasteiger partial charge in [0.1, 0.15) is 11.4 Å². The standard InChI is InChI=1S/C18H13N3O.2C2H6/c1-3-7-13(8-4-1)18-15-12-19-17(11-16(15)20-21-18)22-14-9-5-2-6-10-14;2*1-2/h1-12H,(H,20,21);2*1-2H3. The number of hydrogen-bond donors (Lipinski definition) is 1. The zero-order valence-electron chi connectivity index (χ0n) is 15.7. The number of pyridine rings is 1. The normalized spacial score (nSPS) is 9.54. The minimum absolute atomic E-state index is 0.543. The molecule has 2 heterocycles. The summed E-state index contributed by atoms with van der Waals surface area (Å²) in [5.74, 6) is 1.30. The predicted octanol–water partition coefficient (Wildman–Crippen LogP) is 6.47. The topological polar surface area (TPSA) is 50.8 Å². The van der Waals surface area contributed by atoms with Crippen molar-refractivity contribution in [3.63, 3.8) is 0 Å². The summed E-state index contributed by atoms with van der Waals surface area (Å²) in [5.41, 5.74) is 2.86. The maximum absolute atomic E-state index is 5.74. The molecule has 2 aromatic carbocycles. The van der Waals surface area contributed by atoms with Crippen LogP contribution in [0.15, 0.2) is 72.9 Å². The van der Waals surface area contributed by atoms with Crippen molar-refractivity contribution in [1.82, 2.24) is 15.2 Å². The van der Waals surface area contributed by atoms with Gasteiger partial charge in [-0.2, -0.15) is 5.10 Å². The van der Waals surface area contributed by atoms with Crippen LogP contribution in [0.4, 0.5) is 0 Å². The molecule has 0 unspecified atom stereocenters. The van der Waals surface area contributed by atoms with E-state index >= 15 is 0 Å². The van der Waals surface area contributed by atoms with Crippen molar-refractivity contribution in [3.05, 3.63) is 72.9 Å². The Labute approximate surface area is 154 Å². The van der Waals surface area contributed by atoms with Crippen molar-refractivity contribution >= 4 is 10.9 Å². The smallest absolute Gasteiger partial charge is 0.221 e. The van der Waals surface area contributed by atoms with Crippen LogP contribution >= 0.6 is 0 Å². The van der Waals surface area contributed by atoms with Gasteiger partial charge in [0.05, 0.1) is 5.52 Å². The fourth-order valence-corrected chi connectivity index (χ4v) is 2.37. The first kappa shape index (κ1) is 19.2. The van der Waals surface area contributed by atoms with Crippen LogP contribution in [-0.2, 0) is 0 Å². The zero-order valence-corrected chi connectivity index (χ0v) is 15.7. The minimum Gasteiger partial charge on any atom is -0.439 e. The Hall–Kier alpha value is -3.14. The number of nitrogens with one attached hydrogen (secondary N) is 1. The summed E-state index contributed by atoms with van der Waals surface area (Å²) in [6.45, 7) is 8.00. The molecule has 0 aliphatic rings. The van der Waals surface area contributed by atoms with Crippen LogP contribution < -0.4 is 4.74 Å². The summed E-state index contributed by atoms with van der Waals surface area (Å²) in [6, 6.07) is 21.5. The van der Waals surface area contributed by atoms with Gasteiger partial charge in [0, 0.05) is 23.2 Å². The van der Waals surface area contributed by atoms with E-state index in [1.54, 1.807) is 6.20 Å². The van der Waals surface area contributed by atoms with Gasteiger partial charge < -0.3 is 4.74 Å². The van der Waals surface area contributed by atoms with E-state index in [-0.39, 0.29) is 0 Å². The number of nitrogens with zero attached hydrogens (tertiary/aromatic N) is 2. The van der Waals surface area contributed by atoms with Crippen molar-refractivity contribution < 1.29 is 4.74 Å². The van der Waals surface area contributed by atoms with Crippen molar-refractivity contribution in [3.8, 4) is 22.9 Å². The van der Waals surface area contributed by atoms with Crippen molar-refractivity contribution in [2.75, 3.05) is 0 Å². The molecule has 0 atom stereocenters. The second kappa shape index (κ2) is 9.99. The van der Waals surface area contributed by atoms with E-state index in [2.05, 4.69) is 15.2 Å². The van der Waals surface area contributed by atoms with E-state index in [0.29, 0.717) is 5.88 Å². The summed E-state index contributed by atoms with van der Waals surface area (Å²) < 4.78 is 5.74. The van der Waals surface area contributed by atoms with Crippen LogP contribution in [0.3, 0.4) is 0 Å². The average Bonchev–Trinajstić information content (AvgIpc) is 3.16. The number of H-pyrrole nitrogens is 1. The SMILES string of the molecule is CC.CC.c1ccc(Oc2cc3[nH]nc(-c4ccccc4)c3cn2)cc1. The second-order valence-corrected chi connectivity index (χ2v) is 4.92. The van der Waals surface area contributed by atoms with Crippen LogP contribution in [0.2, 0.25) is 0 Å². The molecule has 2 aromatic heterocycles. The first-order valence-corrected chi connectivity index (χ1v) is 9.02. The van der Waals surface area contributed by atoms with Gasteiger partial charge in [0.2, 0.25) is 5.88 Å². The maximum Gasteiger partial charge on any atom is 0.221 e. The van der Waals surface area contributed by atoms with Gasteiger partial charge in [-0.25, -0.2) is 4.98 Å². The lowest BCUT2D eigenvalue weighted by Gasteiger charge is -2.04. The third-order valence-corrected chi connectivity index (χ3v) is 3.44. The van der Waals surface area contributed by atoms with E-state index < -0.39 is 0 Å². The molecule has 4 heteroatoms. The van der Waals surface area contributed by atoms with Crippen LogP contribution in [-0.4, -0.2) is 15.2 Å². The number of rotatable bonds is 3. The zero-order chi connectivity index (χ0) is 18.8. The number of ether oxygens (including phenoxy) is 1. The van der Waals surface area contributed by atoms with Gasteiger partial charge in [-0.1, -0.05) is 76.2 Å². The molecule has 0 aliphatic heterocycles. The Morgan fingerprint density at radius 1 is 0.808 bits per heavy atom. The third-order valence-electron chi connectivity index (χ3n) is 3.44. The molecule has 0 aliphatic carbocycles. The first-order valence-electron chi connectivity index (χ1n) is 9.02. The second-order valence-electron chi connectivity index (χ2n) is 4.92. The molecule has 4 rings (SSSR count). The Morgan fingerprint density at radius 3 is 2.08 bits per heavy atom. The Morgan fingerprint density at radius 2 is 1.42 bits per heavy atom. The minimum atomic E-state index is 0.543. The largest absolute Gasteiger partial charge is 0.439 e. The van der Waals surface area contributed by atoms with Crippen LogP contribution in [0.25, 0.3) is 22.2 Å². The van der Waals surface area contributed by atoms with E-state index in [1.807, 2.05) is 94.4 Å². The highest BCUT2D eigenvalue weighted by Crippen LogP contribution is 2.28. The fourth-order valence-electron chi connectivity index (χ4n) is 2.37. The molecule has 1 N–H and O–H groups in total. The number of fused-ring (bicyclic) bond motifs is 1. The van der Waals surface area contributed by atoms with Crippen molar-refractivity contribution in [1.29, 1.82) is 0 Å². The average molecular weight is 347 g/mol. The molecule has 0 saturated carbocycles. The van der Waals surface area contributed by atoms with Crippen molar-refractivity contribution in [2.24, 2.45) is 0 Å². The Bertz CT molecular complexity index is 902. The molecular weight excluding hydrogens is 322 g/mol. The molecule has 4 aromatic rings. The number of benzene rings is 2. The predicted molar refractivity (Wildman–Crippen MR) is 109 cm³/mol. The molecule has 134 valence electrons. The van der Waals surface area contributed by atoms with Gasteiger partial charge in [-0.3, -0.25) is 5.10 Å². The Balaban J connectivity index is 0.000000570. The number of aromatic nitrogens is 3. The van der Waals surface area contributed by atoms with Gasteiger partial charge in [0.25, 0.3) is 0 Å². The number of para-hydroxylation sites is 1. The molecule has 0 amide bonds. The third kappa shape index (κ3) is 4.48. The molecule has 0 bridgehead atoms. The quantitative estimate of drug-likeness (QED) is 0.462. The molecule has 0 spiro atoms. The summed E-state index contributed by atoms with van der Waals surface area (Å²) in [7, 11) is 0. The van der Waals surface area contributed by atoms with E-state index in [4.69, 9.17) is 4.74 Å². The highest BCUT2D eigenvalue weighted by molar-refractivity contribution is 5.92. The molecule has 4 nitrogen and oxygen atoms in total. The highest BCUT2D eigenvalue weighted by atomic mass is 16.5. The van der Waals surface area contributed by atoms with Gasteiger partial charge >= 0.3 is 0 Å². The monoisotopic (exact) mass is 347 g/mol. The highest BCUT2D eigenvalue weighted by Gasteiger charge is 2.09. The van der Waals surface area contributed by atoms with Crippen molar-refractivity contribution in [2.45, 2.75) is 27.7 Å². The molecule has 26 heavy (non-hydrogen) atoms. The maximum atomic E-state index is 5.74. The van der Waals surface area contributed by atoms with Crippen LogP contribution in [0.1, 0.15) is 27.7 Å². The summed E-state index contributed by atoms with van der Waals surface area (Å²) in [4.78, 5) is 4.38. The molecule has 0 saturated heterocycles. The lowest BCUT2D eigenvalue weighted by molar-refractivity contribution is 0.464. The summed E-state index contributed by atoms with van der Waals surface area (Å²) in [6.07, 6.45) is 1.79. The Kier molecular flexibility index (Phi) is 7.37. The van der Waals surface area contributed by atoms with Crippen LogP contribution in [0.5, 0.6) is 11.6 Å². The van der Waals surface area contributed by atoms with E-state index in [9.17, 15) is 0 Å². The van der Waals surface area contributed by atoms with E-state index in [0.717, 1.165) is 27.9 Å². The lowest BCUT2D eigenvalue weighted by atomic mass is 10.1. The van der Waals surface area contributed by atoms with Gasteiger partial charge in [-0.05, 0) is 12.1 Å². The van der Waals surface area contributed by atoms with E-state index in [1.165, 1.54) is 0 Å². The summed E-state index contributed by atoms with van der Waals surface area (Å²) in [5, 5.41) is 8.41. The van der Waals surface area contributed by atoms with Gasteiger partial charge in [0.15, 0.2) is 0 Å². The van der Waals surface area contributed by atoms with Gasteiger partial charge in [-0.15, -0.1) is 0 Å². The molecular formula is C22H25N3O. The summed E-state index contributed by atoms with van der Waals surface area (Å²) >= 11 is 0. The number of aromatic amines is 1. The van der Waals surface area contributed by atoms with Crippen LogP contribution in [0, 0.1) is 0 Å². The number of hydrogen-bond acceptors (Lipinski definition) is 3. The lowest BCUT2D eigenvalue weighted by Crippen LogP contribution is -1.87. The fraction of sp³-hybridized carbons (Fsp3) is 0.182. The molecule has 0 fully saturated rings. The first-order chi connectivity index (χ1) is 12.9.